The molecule has 4 N–H and O–H groups in total. The van der Waals surface area contributed by atoms with Crippen molar-refractivity contribution in [2.45, 2.75) is 205 Å². The lowest BCUT2D eigenvalue weighted by Crippen LogP contribution is -2.59. The van der Waals surface area contributed by atoms with Crippen LogP contribution in [0.1, 0.15) is 168 Å². The van der Waals surface area contributed by atoms with Crippen LogP contribution >= 0.6 is 0 Å². The number of rotatable bonds is 31. The van der Waals surface area contributed by atoms with E-state index in [1.807, 2.05) is 6.92 Å². The van der Waals surface area contributed by atoms with E-state index in [1.54, 1.807) is 0 Å². The lowest BCUT2D eigenvalue weighted by molar-refractivity contribution is -0.305. The van der Waals surface area contributed by atoms with Gasteiger partial charge >= 0.3 is 11.9 Å². The molecule has 0 saturated carbocycles. The molecule has 47 heavy (non-hydrogen) atoms. The van der Waals surface area contributed by atoms with Gasteiger partial charge in [0.15, 0.2) is 12.4 Å². The topological polar surface area (TPSA) is 152 Å². The van der Waals surface area contributed by atoms with Crippen molar-refractivity contribution in [2.75, 3.05) is 19.8 Å². The molecule has 1 fully saturated rings. The van der Waals surface area contributed by atoms with Crippen molar-refractivity contribution in [3.8, 4) is 0 Å². The van der Waals surface area contributed by atoms with Gasteiger partial charge < -0.3 is 39.4 Å². The molecule has 0 aromatic carbocycles. The van der Waals surface area contributed by atoms with Crippen LogP contribution in [0, 0.1) is 0 Å². The number of hydrogen-bond acceptors (Lipinski definition) is 10. The highest BCUT2D eigenvalue weighted by molar-refractivity contribution is 5.70. The zero-order chi connectivity index (χ0) is 34.5. The molecule has 1 heterocycles. The zero-order valence-corrected chi connectivity index (χ0v) is 29.8. The summed E-state index contributed by atoms with van der Waals surface area (Å²) in [5.74, 6) is -0.839. The maximum absolute atomic E-state index is 12.6. The molecule has 0 aromatic rings. The van der Waals surface area contributed by atoms with E-state index >= 15 is 0 Å². The Bertz CT molecular complexity index is 749. The van der Waals surface area contributed by atoms with E-state index in [1.165, 1.54) is 103 Å². The second-order valence-electron chi connectivity index (χ2n) is 13.4. The maximum atomic E-state index is 12.6. The van der Waals surface area contributed by atoms with Crippen molar-refractivity contribution < 1.29 is 49.0 Å². The summed E-state index contributed by atoms with van der Waals surface area (Å²) in [6, 6.07) is 0. The third-order valence-corrected chi connectivity index (χ3v) is 8.99. The van der Waals surface area contributed by atoms with Crippen molar-refractivity contribution in [2.24, 2.45) is 0 Å². The monoisotopic (exact) mass is 674 g/mol. The number of esters is 2. The first-order valence-corrected chi connectivity index (χ1v) is 19.1. The number of ether oxygens (including phenoxy) is 4. The van der Waals surface area contributed by atoms with Crippen LogP contribution in [-0.4, -0.2) is 89.0 Å². The Morgan fingerprint density at radius 1 is 0.574 bits per heavy atom. The van der Waals surface area contributed by atoms with Gasteiger partial charge in [-0.3, -0.25) is 9.59 Å². The fraction of sp³-hybridized carbons (Fsp3) is 0.946. The minimum atomic E-state index is -1.59. The first kappa shape index (κ1) is 43.7. The van der Waals surface area contributed by atoms with Crippen molar-refractivity contribution in [1.29, 1.82) is 0 Å². The molecule has 0 spiro atoms. The molecule has 1 aliphatic rings. The van der Waals surface area contributed by atoms with Crippen LogP contribution in [0.3, 0.4) is 0 Å². The normalized spacial score (nSPS) is 21.9. The molecule has 1 rings (SSSR count). The number of aliphatic hydroxyl groups is 4. The summed E-state index contributed by atoms with van der Waals surface area (Å²) >= 11 is 0. The van der Waals surface area contributed by atoms with Crippen LogP contribution in [0.15, 0.2) is 0 Å². The van der Waals surface area contributed by atoms with Gasteiger partial charge in [-0.15, -0.1) is 0 Å². The molecule has 10 heteroatoms. The lowest BCUT2D eigenvalue weighted by Gasteiger charge is -2.39. The molecule has 0 aromatic heterocycles. The number of unbranched alkanes of at least 4 members (excludes halogenated alkanes) is 20. The second kappa shape index (κ2) is 29.6. The smallest absolute Gasteiger partial charge is 0.306 e. The summed E-state index contributed by atoms with van der Waals surface area (Å²) in [4.78, 5) is 24.6. The van der Waals surface area contributed by atoms with E-state index in [9.17, 15) is 30.0 Å². The third-order valence-electron chi connectivity index (χ3n) is 8.99. The highest BCUT2D eigenvalue weighted by Gasteiger charge is 2.44. The minimum Gasteiger partial charge on any atom is -0.462 e. The van der Waals surface area contributed by atoms with E-state index in [0.717, 1.165) is 25.7 Å². The molecule has 6 atom stereocenters. The van der Waals surface area contributed by atoms with Gasteiger partial charge in [0.1, 0.15) is 31.0 Å². The summed E-state index contributed by atoms with van der Waals surface area (Å²) in [5.41, 5.74) is 0. The Morgan fingerprint density at radius 3 is 1.49 bits per heavy atom. The Balaban J connectivity index is 2.16. The van der Waals surface area contributed by atoms with Crippen LogP contribution in [0.4, 0.5) is 0 Å². The zero-order valence-electron chi connectivity index (χ0n) is 29.8. The third kappa shape index (κ3) is 22.1. The summed E-state index contributed by atoms with van der Waals surface area (Å²) in [5, 5.41) is 39.6. The lowest BCUT2D eigenvalue weighted by atomic mass is 9.99. The SMILES string of the molecule is CCCCCCCCCCCCCCCCCCCCCCC(=O)OC(COC(=O)CCCC)COC1OC(CO)C(O)C(O)C1O. The van der Waals surface area contributed by atoms with Crippen LogP contribution in [0.5, 0.6) is 0 Å². The van der Waals surface area contributed by atoms with Gasteiger partial charge in [0.25, 0.3) is 0 Å². The molecule has 6 unspecified atom stereocenters. The van der Waals surface area contributed by atoms with Gasteiger partial charge in [-0.1, -0.05) is 142 Å². The van der Waals surface area contributed by atoms with Gasteiger partial charge in [0.05, 0.1) is 13.2 Å². The van der Waals surface area contributed by atoms with Gasteiger partial charge in [0.2, 0.25) is 0 Å². The van der Waals surface area contributed by atoms with Crippen molar-refractivity contribution in [3.05, 3.63) is 0 Å². The minimum absolute atomic E-state index is 0.217. The van der Waals surface area contributed by atoms with E-state index in [2.05, 4.69) is 6.92 Å². The van der Waals surface area contributed by atoms with E-state index in [0.29, 0.717) is 12.8 Å². The van der Waals surface area contributed by atoms with E-state index in [4.69, 9.17) is 18.9 Å². The molecular formula is C37H70O10. The summed E-state index contributed by atoms with van der Waals surface area (Å²) in [6.45, 7) is 3.16. The predicted molar refractivity (Wildman–Crippen MR) is 183 cm³/mol. The van der Waals surface area contributed by atoms with Crippen LogP contribution in [0.2, 0.25) is 0 Å². The van der Waals surface area contributed by atoms with Gasteiger partial charge in [0, 0.05) is 12.8 Å². The van der Waals surface area contributed by atoms with E-state index < -0.39 is 55.4 Å². The highest BCUT2D eigenvalue weighted by atomic mass is 16.7. The Hall–Kier alpha value is -1.30. The van der Waals surface area contributed by atoms with Crippen LogP contribution in [0.25, 0.3) is 0 Å². The van der Waals surface area contributed by atoms with Gasteiger partial charge in [-0.25, -0.2) is 0 Å². The Kier molecular flexibility index (Phi) is 27.5. The summed E-state index contributed by atoms with van der Waals surface area (Å²) in [6.07, 6.45) is 19.6. The van der Waals surface area contributed by atoms with Crippen molar-refractivity contribution in [3.63, 3.8) is 0 Å². The summed E-state index contributed by atoms with van der Waals surface area (Å²) < 4.78 is 21.7. The van der Waals surface area contributed by atoms with Gasteiger partial charge in [-0.05, 0) is 12.8 Å². The average molecular weight is 675 g/mol. The molecule has 10 nitrogen and oxygen atoms in total. The molecule has 0 radical (unpaired) electrons. The van der Waals surface area contributed by atoms with Gasteiger partial charge in [-0.2, -0.15) is 0 Å². The van der Waals surface area contributed by atoms with Crippen molar-refractivity contribution >= 4 is 11.9 Å². The molecule has 1 saturated heterocycles. The number of carbonyl (C=O) groups is 2. The average Bonchev–Trinajstić information content (AvgIpc) is 3.07. The van der Waals surface area contributed by atoms with Crippen LogP contribution < -0.4 is 0 Å². The molecule has 0 aliphatic carbocycles. The molecule has 0 bridgehead atoms. The maximum Gasteiger partial charge on any atom is 0.306 e. The number of carbonyl (C=O) groups excluding carboxylic acids is 2. The fourth-order valence-corrected chi connectivity index (χ4v) is 5.87. The quantitative estimate of drug-likeness (QED) is 0.0464. The first-order valence-electron chi connectivity index (χ1n) is 19.1. The largest absolute Gasteiger partial charge is 0.462 e. The van der Waals surface area contributed by atoms with Crippen molar-refractivity contribution in [1.82, 2.24) is 0 Å². The van der Waals surface area contributed by atoms with E-state index in [-0.39, 0.29) is 26.1 Å². The predicted octanol–water partition coefficient (Wildman–Crippen LogP) is 6.66. The molecular weight excluding hydrogens is 604 g/mol. The molecule has 0 amide bonds. The standard InChI is InChI=1S/C37H70O10/c1-3-5-7-8-9-10-11-12-13-14-15-16-17-18-19-20-21-22-23-24-26-33(40)46-30(28-44-32(39)25-6-4-2)29-45-37-36(43)35(42)34(41)31(27-38)47-37/h30-31,34-38,41-43H,3-29H2,1-2H3. The fourth-order valence-electron chi connectivity index (χ4n) is 5.87. The van der Waals surface area contributed by atoms with Crippen LogP contribution in [-0.2, 0) is 28.5 Å². The first-order chi connectivity index (χ1) is 22.8. The number of aliphatic hydroxyl groups excluding tert-OH is 4. The number of hydrogen-bond donors (Lipinski definition) is 4. The Labute approximate surface area is 285 Å². The summed E-state index contributed by atoms with van der Waals surface area (Å²) in [7, 11) is 0. The molecule has 1 aliphatic heterocycles. The highest BCUT2D eigenvalue weighted by Crippen LogP contribution is 2.22. The Morgan fingerprint density at radius 2 is 1.02 bits per heavy atom. The molecule has 278 valence electrons. The second-order valence-corrected chi connectivity index (χ2v) is 13.4.